The number of hydrogen-bond donors (Lipinski definition) is 1. The van der Waals surface area contributed by atoms with Gasteiger partial charge in [-0.05, 0) is 59.3 Å². The maximum Gasteiger partial charge on any atom is 0.122 e. The van der Waals surface area contributed by atoms with E-state index in [0.717, 1.165) is 18.8 Å². The zero-order valence-electron chi connectivity index (χ0n) is 8.22. The molecule has 1 aliphatic heterocycles. The van der Waals surface area contributed by atoms with Crippen LogP contribution < -0.4 is 10.1 Å². The molecule has 1 atom stereocenters. The number of benzene rings is 1. The molecule has 1 fully saturated rings. The van der Waals surface area contributed by atoms with E-state index in [1.807, 2.05) is 0 Å². The van der Waals surface area contributed by atoms with Crippen molar-refractivity contribution < 1.29 is 4.74 Å². The second kappa shape index (κ2) is 4.49. The fraction of sp³-hybridized carbons (Fsp3) is 0.455. The molecule has 0 aliphatic carbocycles. The summed E-state index contributed by atoms with van der Waals surface area (Å²) in [6.07, 6.45) is 1.22. The summed E-state index contributed by atoms with van der Waals surface area (Å²) in [4.78, 5) is 0. The lowest BCUT2D eigenvalue weighted by Crippen LogP contribution is -2.08. The Balaban J connectivity index is 2.33. The summed E-state index contributed by atoms with van der Waals surface area (Å²) in [5, 5.41) is 3.38. The van der Waals surface area contributed by atoms with E-state index in [-0.39, 0.29) is 0 Å². The predicted octanol–water partition coefficient (Wildman–Crippen LogP) is 2.38. The van der Waals surface area contributed by atoms with Crippen LogP contribution in [0.2, 0.25) is 0 Å². The third-order valence-electron chi connectivity index (χ3n) is 2.69. The smallest absolute Gasteiger partial charge is 0.122 e. The van der Waals surface area contributed by atoms with Crippen LogP contribution in [0.4, 0.5) is 0 Å². The van der Waals surface area contributed by atoms with Gasteiger partial charge in [-0.2, -0.15) is 0 Å². The number of halogens is 1. The minimum Gasteiger partial charge on any atom is -0.496 e. The fourth-order valence-corrected chi connectivity index (χ4v) is 2.46. The molecule has 1 saturated heterocycles. The molecule has 1 heterocycles. The Hall–Kier alpha value is -0.290. The number of hydrogen-bond acceptors (Lipinski definition) is 2. The van der Waals surface area contributed by atoms with Gasteiger partial charge in [-0.1, -0.05) is 0 Å². The zero-order valence-corrected chi connectivity index (χ0v) is 10.4. The summed E-state index contributed by atoms with van der Waals surface area (Å²) < 4.78 is 6.66. The normalized spacial score (nSPS) is 21.1. The van der Waals surface area contributed by atoms with Crippen LogP contribution in [0.5, 0.6) is 5.75 Å². The highest BCUT2D eigenvalue weighted by atomic mass is 127. The predicted molar refractivity (Wildman–Crippen MR) is 65.9 cm³/mol. The Bertz CT molecular complexity index is 321. The highest BCUT2D eigenvalue weighted by Crippen LogP contribution is 2.31. The molecule has 3 heteroatoms. The van der Waals surface area contributed by atoms with Crippen molar-refractivity contribution in [3.63, 3.8) is 0 Å². The van der Waals surface area contributed by atoms with Crippen molar-refractivity contribution >= 4 is 22.6 Å². The lowest BCUT2D eigenvalue weighted by molar-refractivity contribution is 0.406. The van der Waals surface area contributed by atoms with Crippen LogP contribution in [0.15, 0.2) is 18.2 Å². The maximum absolute atomic E-state index is 5.38. The zero-order chi connectivity index (χ0) is 9.97. The van der Waals surface area contributed by atoms with Crippen molar-refractivity contribution in [2.75, 3.05) is 20.2 Å². The van der Waals surface area contributed by atoms with E-state index < -0.39 is 0 Å². The third-order valence-corrected chi connectivity index (χ3v) is 3.36. The van der Waals surface area contributed by atoms with Gasteiger partial charge in [0.15, 0.2) is 0 Å². The van der Waals surface area contributed by atoms with Crippen molar-refractivity contribution in [1.82, 2.24) is 5.32 Å². The van der Waals surface area contributed by atoms with Gasteiger partial charge in [0.05, 0.1) is 7.11 Å². The van der Waals surface area contributed by atoms with Crippen molar-refractivity contribution in [3.8, 4) is 5.75 Å². The number of nitrogens with one attached hydrogen (secondary N) is 1. The summed E-state index contributed by atoms with van der Waals surface area (Å²) in [7, 11) is 1.74. The largest absolute Gasteiger partial charge is 0.496 e. The number of ether oxygens (including phenoxy) is 1. The van der Waals surface area contributed by atoms with E-state index >= 15 is 0 Å². The van der Waals surface area contributed by atoms with Crippen LogP contribution in [0, 0.1) is 3.57 Å². The van der Waals surface area contributed by atoms with Gasteiger partial charge in [0, 0.05) is 16.0 Å². The summed E-state index contributed by atoms with van der Waals surface area (Å²) in [6, 6.07) is 6.39. The van der Waals surface area contributed by atoms with Gasteiger partial charge >= 0.3 is 0 Å². The molecule has 1 aromatic carbocycles. The van der Waals surface area contributed by atoms with Gasteiger partial charge in [-0.15, -0.1) is 0 Å². The van der Waals surface area contributed by atoms with E-state index in [1.165, 1.54) is 15.6 Å². The lowest BCUT2D eigenvalue weighted by atomic mass is 9.97. The van der Waals surface area contributed by atoms with Crippen molar-refractivity contribution in [2.45, 2.75) is 12.3 Å². The SMILES string of the molecule is COc1ccc(I)cc1C1CCNC1. The van der Waals surface area contributed by atoms with Gasteiger partial charge in [-0.25, -0.2) is 0 Å². The van der Waals surface area contributed by atoms with Gasteiger partial charge in [0.2, 0.25) is 0 Å². The minimum absolute atomic E-state index is 0.625. The molecule has 2 rings (SSSR count). The summed E-state index contributed by atoms with van der Waals surface area (Å²) >= 11 is 2.35. The molecule has 0 bridgehead atoms. The molecule has 1 N–H and O–H groups in total. The van der Waals surface area contributed by atoms with Crippen LogP contribution in [0.1, 0.15) is 17.9 Å². The maximum atomic E-state index is 5.38. The molecular formula is C11H14INO. The van der Waals surface area contributed by atoms with E-state index in [1.54, 1.807) is 7.11 Å². The molecule has 76 valence electrons. The van der Waals surface area contributed by atoms with Crippen LogP contribution >= 0.6 is 22.6 Å². The van der Waals surface area contributed by atoms with E-state index in [4.69, 9.17) is 4.74 Å². The Morgan fingerprint density at radius 3 is 3.00 bits per heavy atom. The molecule has 0 aromatic heterocycles. The highest BCUT2D eigenvalue weighted by Gasteiger charge is 2.20. The molecule has 1 aliphatic rings. The summed E-state index contributed by atoms with van der Waals surface area (Å²) in [5.41, 5.74) is 1.35. The molecule has 0 amide bonds. The first-order valence-corrected chi connectivity index (χ1v) is 5.93. The van der Waals surface area contributed by atoms with Gasteiger partial charge in [-0.3, -0.25) is 0 Å². The third kappa shape index (κ3) is 2.03. The van der Waals surface area contributed by atoms with Gasteiger partial charge in [0.25, 0.3) is 0 Å². The van der Waals surface area contributed by atoms with Crippen LogP contribution in [0.25, 0.3) is 0 Å². The number of methoxy groups -OCH3 is 1. The summed E-state index contributed by atoms with van der Waals surface area (Å²) in [6.45, 7) is 2.20. The first kappa shape index (κ1) is 10.2. The Labute approximate surface area is 98.2 Å². The van der Waals surface area contributed by atoms with E-state index in [2.05, 4.69) is 46.1 Å². The molecule has 1 unspecified atom stereocenters. The van der Waals surface area contributed by atoms with Crippen molar-refractivity contribution in [2.24, 2.45) is 0 Å². The highest BCUT2D eigenvalue weighted by molar-refractivity contribution is 14.1. The van der Waals surface area contributed by atoms with Crippen molar-refractivity contribution in [3.05, 3.63) is 27.3 Å². The first-order chi connectivity index (χ1) is 6.81. The van der Waals surface area contributed by atoms with E-state index in [9.17, 15) is 0 Å². The first-order valence-electron chi connectivity index (χ1n) is 4.85. The number of rotatable bonds is 2. The lowest BCUT2D eigenvalue weighted by Gasteiger charge is -2.13. The van der Waals surface area contributed by atoms with Crippen LogP contribution in [-0.2, 0) is 0 Å². The van der Waals surface area contributed by atoms with Crippen LogP contribution in [-0.4, -0.2) is 20.2 Å². The standard InChI is InChI=1S/C11H14INO/c1-14-11-3-2-9(12)6-10(11)8-4-5-13-7-8/h2-3,6,8,13H,4-5,7H2,1H3. The molecule has 2 nitrogen and oxygen atoms in total. The average Bonchev–Trinajstić information content (AvgIpc) is 2.70. The molecule has 1 aromatic rings. The summed E-state index contributed by atoms with van der Waals surface area (Å²) in [5.74, 6) is 1.65. The molecule has 14 heavy (non-hydrogen) atoms. The monoisotopic (exact) mass is 303 g/mol. The van der Waals surface area contributed by atoms with Crippen LogP contribution in [0.3, 0.4) is 0 Å². The Morgan fingerprint density at radius 2 is 2.36 bits per heavy atom. The molecule has 0 saturated carbocycles. The second-order valence-corrected chi connectivity index (χ2v) is 4.82. The Kier molecular flexibility index (Phi) is 3.28. The van der Waals surface area contributed by atoms with E-state index in [0.29, 0.717) is 5.92 Å². The molecular weight excluding hydrogens is 289 g/mol. The minimum atomic E-state index is 0.625. The molecule has 0 spiro atoms. The quantitative estimate of drug-likeness (QED) is 0.847. The second-order valence-electron chi connectivity index (χ2n) is 3.58. The fourth-order valence-electron chi connectivity index (χ4n) is 1.94. The average molecular weight is 303 g/mol. The Morgan fingerprint density at radius 1 is 1.50 bits per heavy atom. The topological polar surface area (TPSA) is 21.3 Å². The van der Waals surface area contributed by atoms with Gasteiger partial charge in [0.1, 0.15) is 5.75 Å². The molecule has 0 radical (unpaired) electrons. The van der Waals surface area contributed by atoms with Gasteiger partial charge < -0.3 is 10.1 Å². The van der Waals surface area contributed by atoms with Crippen molar-refractivity contribution in [1.29, 1.82) is 0 Å².